The van der Waals surface area contributed by atoms with Crippen molar-refractivity contribution < 1.29 is 0 Å². The standard InChI is InChI=1S/C23H34N6.HI/c1-24-23(29-13-11-20(18-29)21-14-26-27(2)17-21)25-15-22-10-6-7-12-28(22)16-19-8-4-3-5-9-19;/h3-5,8-9,14,17,20,22H,6-7,10-13,15-16,18H2,1-2H3,(H,24,25);1H. The fraction of sp³-hybridized carbons (Fsp3) is 0.565. The molecule has 2 atom stereocenters. The van der Waals surface area contributed by atoms with Crippen LogP contribution in [0.25, 0.3) is 0 Å². The molecule has 4 rings (SSSR count). The molecule has 30 heavy (non-hydrogen) atoms. The Kier molecular flexibility index (Phi) is 8.56. The van der Waals surface area contributed by atoms with Gasteiger partial charge in [0.15, 0.2) is 5.96 Å². The number of aliphatic imine (C=N–C) groups is 1. The van der Waals surface area contributed by atoms with Crippen LogP contribution in [-0.2, 0) is 13.6 Å². The Morgan fingerprint density at radius 1 is 1.17 bits per heavy atom. The molecule has 2 aliphatic rings. The number of aromatic nitrogens is 2. The van der Waals surface area contributed by atoms with Gasteiger partial charge in [-0.2, -0.15) is 5.10 Å². The van der Waals surface area contributed by atoms with Crippen LogP contribution in [-0.4, -0.2) is 64.8 Å². The zero-order valence-electron chi connectivity index (χ0n) is 18.2. The molecule has 0 radical (unpaired) electrons. The summed E-state index contributed by atoms with van der Waals surface area (Å²) >= 11 is 0. The number of likely N-dealkylation sites (tertiary alicyclic amines) is 2. The van der Waals surface area contributed by atoms with Crippen LogP contribution in [0.4, 0.5) is 0 Å². The highest BCUT2D eigenvalue weighted by Gasteiger charge is 2.28. The van der Waals surface area contributed by atoms with Crippen LogP contribution in [0, 0.1) is 0 Å². The van der Waals surface area contributed by atoms with E-state index in [1.54, 1.807) is 0 Å². The first-order valence-electron chi connectivity index (χ1n) is 10.9. The maximum absolute atomic E-state index is 4.59. The zero-order valence-corrected chi connectivity index (χ0v) is 20.5. The molecule has 3 heterocycles. The van der Waals surface area contributed by atoms with Gasteiger partial charge in [-0.1, -0.05) is 36.8 Å². The molecule has 6 nitrogen and oxygen atoms in total. The minimum Gasteiger partial charge on any atom is -0.355 e. The van der Waals surface area contributed by atoms with E-state index in [1.807, 2.05) is 25.0 Å². The Labute approximate surface area is 197 Å². The van der Waals surface area contributed by atoms with Gasteiger partial charge in [0.25, 0.3) is 0 Å². The number of halogens is 1. The quantitative estimate of drug-likeness (QED) is 0.372. The second-order valence-corrected chi connectivity index (χ2v) is 8.41. The lowest BCUT2D eigenvalue weighted by molar-refractivity contribution is 0.140. The molecule has 0 spiro atoms. The first-order valence-corrected chi connectivity index (χ1v) is 10.9. The van der Waals surface area contributed by atoms with E-state index >= 15 is 0 Å². The second kappa shape index (κ2) is 11.1. The molecule has 1 aromatic carbocycles. The van der Waals surface area contributed by atoms with Crippen LogP contribution in [0.3, 0.4) is 0 Å². The van der Waals surface area contributed by atoms with Gasteiger partial charge in [0.1, 0.15) is 0 Å². The predicted octanol–water partition coefficient (Wildman–Crippen LogP) is 3.46. The minimum absolute atomic E-state index is 0. The predicted molar refractivity (Wildman–Crippen MR) is 133 cm³/mol. The van der Waals surface area contributed by atoms with Gasteiger partial charge in [-0.25, -0.2) is 0 Å². The maximum Gasteiger partial charge on any atom is 0.193 e. The van der Waals surface area contributed by atoms with Crippen molar-refractivity contribution in [2.75, 3.05) is 33.2 Å². The number of nitrogens with one attached hydrogen (secondary N) is 1. The molecule has 7 heteroatoms. The second-order valence-electron chi connectivity index (χ2n) is 8.41. The van der Waals surface area contributed by atoms with Crippen LogP contribution < -0.4 is 5.32 Å². The largest absolute Gasteiger partial charge is 0.355 e. The molecule has 1 N–H and O–H groups in total. The van der Waals surface area contributed by atoms with Crippen LogP contribution in [0.2, 0.25) is 0 Å². The first-order chi connectivity index (χ1) is 14.2. The highest BCUT2D eigenvalue weighted by Crippen LogP contribution is 2.27. The Bertz CT molecular complexity index is 805. The Morgan fingerprint density at radius 3 is 2.73 bits per heavy atom. The Hall–Kier alpha value is -1.61. The summed E-state index contributed by atoms with van der Waals surface area (Å²) in [5.41, 5.74) is 2.74. The summed E-state index contributed by atoms with van der Waals surface area (Å²) in [5.74, 6) is 1.59. The third-order valence-corrected chi connectivity index (χ3v) is 6.37. The molecule has 2 fully saturated rings. The smallest absolute Gasteiger partial charge is 0.193 e. The molecule has 0 bridgehead atoms. The van der Waals surface area contributed by atoms with Gasteiger partial charge >= 0.3 is 0 Å². The van der Waals surface area contributed by atoms with Gasteiger partial charge in [-0.3, -0.25) is 14.6 Å². The fourth-order valence-corrected chi connectivity index (χ4v) is 4.73. The number of hydrogen-bond acceptors (Lipinski definition) is 3. The van der Waals surface area contributed by atoms with E-state index in [9.17, 15) is 0 Å². The third-order valence-electron chi connectivity index (χ3n) is 6.37. The van der Waals surface area contributed by atoms with Gasteiger partial charge < -0.3 is 10.2 Å². The molecule has 2 aliphatic heterocycles. The Balaban J connectivity index is 0.00000256. The Morgan fingerprint density at radius 2 is 2.00 bits per heavy atom. The van der Waals surface area contributed by atoms with Gasteiger partial charge in [0, 0.05) is 58.4 Å². The van der Waals surface area contributed by atoms with Crippen molar-refractivity contribution in [1.29, 1.82) is 0 Å². The molecular weight excluding hydrogens is 487 g/mol. The molecule has 2 aromatic rings. The van der Waals surface area contributed by atoms with Crippen LogP contribution >= 0.6 is 24.0 Å². The van der Waals surface area contributed by atoms with E-state index in [2.05, 4.69) is 61.7 Å². The number of aryl methyl sites for hydroxylation is 1. The summed E-state index contributed by atoms with van der Waals surface area (Å²) in [7, 11) is 3.89. The highest BCUT2D eigenvalue weighted by atomic mass is 127. The van der Waals surface area contributed by atoms with Crippen molar-refractivity contribution in [1.82, 2.24) is 24.9 Å². The molecule has 0 aliphatic carbocycles. The number of nitrogens with zero attached hydrogens (tertiary/aromatic N) is 5. The summed E-state index contributed by atoms with van der Waals surface area (Å²) < 4.78 is 1.90. The van der Waals surface area contributed by atoms with Crippen LogP contribution in [0.5, 0.6) is 0 Å². The summed E-state index contributed by atoms with van der Waals surface area (Å²) in [4.78, 5) is 9.63. The monoisotopic (exact) mass is 522 g/mol. The van der Waals surface area contributed by atoms with E-state index < -0.39 is 0 Å². The number of benzene rings is 1. The van der Waals surface area contributed by atoms with E-state index in [1.165, 1.54) is 36.9 Å². The lowest BCUT2D eigenvalue weighted by Gasteiger charge is -2.36. The number of piperidine rings is 1. The molecule has 0 amide bonds. The molecular formula is C23H35IN6. The lowest BCUT2D eigenvalue weighted by atomic mass is 10.0. The van der Waals surface area contributed by atoms with Crippen molar-refractivity contribution >= 4 is 29.9 Å². The normalized spacial score (nSPS) is 22.7. The van der Waals surface area contributed by atoms with Crippen molar-refractivity contribution in [2.45, 2.75) is 44.2 Å². The van der Waals surface area contributed by atoms with Gasteiger partial charge in [-0.05, 0) is 36.9 Å². The van der Waals surface area contributed by atoms with Crippen molar-refractivity contribution in [3.05, 3.63) is 53.9 Å². The van der Waals surface area contributed by atoms with E-state index in [4.69, 9.17) is 0 Å². The topological polar surface area (TPSA) is 48.7 Å². The average Bonchev–Trinajstić information content (AvgIpc) is 3.40. The molecule has 2 saturated heterocycles. The SMILES string of the molecule is CN=C(NCC1CCCCN1Cc1ccccc1)N1CCC(c2cnn(C)c2)C1.I. The number of rotatable bonds is 5. The minimum atomic E-state index is 0. The summed E-state index contributed by atoms with van der Waals surface area (Å²) in [6, 6.07) is 11.4. The van der Waals surface area contributed by atoms with Crippen molar-refractivity contribution in [3.63, 3.8) is 0 Å². The van der Waals surface area contributed by atoms with Gasteiger partial charge in [0.05, 0.1) is 6.20 Å². The lowest BCUT2D eigenvalue weighted by Crippen LogP contribution is -2.49. The number of hydrogen-bond donors (Lipinski definition) is 1. The van der Waals surface area contributed by atoms with Gasteiger partial charge in [-0.15, -0.1) is 24.0 Å². The first kappa shape index (κ1) is 23.1. The summed E-state index contributed by atoms with van der Waals surface area (Å²) in [6.45, 7) is 5.26. The third kappa shape index (κ3) is 5.75. The van der Waals surface area contributed by atoms with Crippen LogP contribution in [0.1, 0.15) is 42.7 Å². The van der Waals surface area contributed by atoms with E-state index in [0.717, 1.165) is 38.6 Å². The van der Waals surface area contributed by atoms with Crippen LogP contribution in [0.15, 0.2) is 47.7 Å². The molecule has 1 aromatic heterocycles. The van der Waals surface area contributed by atoms with Crippen molar-refractivity contribution in [3.8, 4) is 0 Å². The van der Waals surface area contributed by atoms with Gasteiger partial charge in [0.2, 0.25) is 0 Å². The van der Waals surface area contributed by atoms with Crippen molar-refractivity contribution in [2.24, 2.45) is 12.0 Å². The zero-order chi connectivity index (χ0) is 20.1. The highest BCUT2D eigenvalue weighted by molar-refractivity contribution is 14.0. The fourth-order valence-electron chi connectivity index (χ4n) is 4.73. The maximum atomic E-state index is 4.59. The van der Waals surface area contributed by atoms with E-state index in [0.29, 0.717) is 12.0 Å². The molecule has 2 unspecified atom stereocenters. The molecule has 164 valence electrons. The summed E-state index contributed by atoms with van der Waals surface area (Å²) in [6.07, 6.45) is 9.20. The summed E-state index contributed by atoms with van der Waals surface area (Å²) in [5, 5.41) is 8.03. The average molecular weight is 522 g/mol. The molecule has 0 saturated carbocycles. The number of guanidine groups is 1. The van der Waals surface area contributed by atoms with E-state index in [-0.39, 0.29) is 24.0 Å².